The Morgan fingerprint density at radius 2 is 1.06 bits per heavy atom. The van der Waals surface area contributed by atoms with Crippen LogP contribution in [0.3, 0.4) is 0 Å². The zero-order valence-electron chi connectivity index (χ0n) is 39.9. The Balaban J connectivity index is 0.881. The second-order valence-corrected chi connectivity index (χ2v) is 22.1. The van der Waals surface area contributed by atoms with E-state index in [1.807, 2.05) is 11.3 Å². The Labute approximate surface area is 401 Å². The van der Waals surface area contributed by atoms with Gasteiger partial charge in [0, 0.05) is 36.4 Å². The summed E-state index contributed by atoms with van der Waals surface area (Å²) in [7, 11) is 0. The highest BCUT2D eigenvalue weighted by Gasteiger charge is 2.39. The van der Waals surface area contributed by atoms with Gasteiger partial charge < -0.3 is 0 Å². The van der Waals surface area contributed by atoms with E-state index in [1.54, 1.807) is 0 Å². The second-order valence-electron chi connectivity index (χ2n) is 21.1. The van der Waals surface area contributed by atoms with Crippen LogP contribution in [0.1, 0.15) is 112 Å². The largest absolute Gasteiger partial charge is 0.135 e. The highest BCUT2D eigenvalue weighted by atomic mass is 32.1. The van der Waals surface area contributed by atoms with Crippen molar-refractivity contribution in [3.63, 3.8) is 0 Å². The maximum Gasteiger partial charge on any atom is 0.0433 e. The zero-order valence-corrected chi connectivity index (χ0v) is 40.7. The topological polar surface area (TPSA) is 0 Å². The van der Waals surface area contributed by atoms with E-state index in [4.69, 9.17) is 0 Å². The van der Waals surface area contributed by atoms with E-state index in [2.05, 4.69) is 230 Å². The first kappa shape index (κ1) is 41.9. The lowest BCUT2D eigenvalue weighted by Gasteiger charge is -2.26. The van der Waals surface area contributed by atoms with E-state index in [-0.39, 0.29) is 16.2 Å². The van der Waals surface area contributed by atoms with Crippen LogP contribution in [-0.4, -0.2) is 0 Å². The average Bonchev–Trinajstić information content (AvgIpc) is 3.99. The van der Waals surface area contributed by atoms with Gasteiger partial charge in [-0.3, -0.25) is 0 Å². The predicted molar refractivity (Wildman–Crippen MR) is 289 cm³/mol. The first-order chi connectivity index (χ1) is 32.4. The number of thiophene rings is 1. The molecule has 0 saturated heterocycles. The van der Waals surface area contributed by atoms with Gasteiger partial charge in [-0.15, -0.1) is 11.3 Å². The van der Waals surface area contributed by atoms with Crippen molar-refractivity contribution >= 4 is 37.1 Å². The fourth-order valence-corrected chi connectivity index (χ4v) is 13.7. The first-order valence-electron chi connectivity index (χ1n) is 24.4. The molecule has 3 aliphatic rings. The van der Waals surface area contributed by atoms with E-state index >= 15 is 0 Å². The predicted octanol–water partition coefficient (Wildman–Crippen LogP) is 18.4. The number of aryl methyl sites for hydroxylation is 1. The van der Waals surface area contributed by atoms with Crippen molar-refractivity contribution in [3.8, 4) is 44.5 Å². The van der Waals surface area contributed by atoms with Gasteiger partial charge in [0.15, 0.2) is 0 Å². The minimum Gasteiger partial charge on any atom is -0.135 e. The fourth-order valence-electron chi connectivity index (χ4n) is 12.5. The van der Waals surface area contributed by atoms with Crippen LogP contribution in [0.5, 0.6) is 0 Å². The first-order valence-corrected chi connectivity index (χ1v) is 25.3. The summed E-state index contributed by atoms with van der Waals surface area (Å²) in [5.74, 6) is 0.354. The normalized spacial score (nSPS) is 17.4. The molecular formula is C66H58S. The molecule has 0 fully saturated rings. The fraction of sp³-hybridized carbons (Fsp3) is 0.212. The van der Waals surface area contributed by atoms with Crippen LogP contribution >= 0.6 is 11.3 Å². The maximum absolute atomic E-state index is 2.61. The van der Waals surface area contributed by atoms with Crippen molar-refractivity contribution in [1.82, 2.24) is 0 Å². The van der Waals surface area contributed by atoms with Crippen molar-refractivity contribution in [2.75, 3.05) is 0 Å². The molecule has 0 spiro atoms. The molecule has 0 N–H and O–H groups in total. The minimum atomic E-state index is -0.110. The van der Waals surface area contributed by atoms with Crippen LogP contribution in [0.4, 0.5) is 0 Å². The molecule has 0 saturated carbocycles. The number of rotatable bonds is 8. The van der Waals surface area contributed by atoms with Crippen LogP contribution in [0.25, 0.3) is 70.3 Å². The molecule has 9 aromatic rings. The molecule has 3 aliphatic carbocycles. The second kappa shape index (κ2) is 15.5. The molecule has 0 aliphatic heterocycles. The highest BCUT2D eigenvalue weighted by Crippen LogP contribution is 2.54. The van der Waals surface area contributed by atoms with Crippen molar-refractivity contribution in [1.29, 1.82) is 0 Å². The van der Waals surface area contributed by atoms with Crippen molar-refractivity contribution in [3.05, 3.63) is 232 Å². The number of benzene rings is 8. The summed E-state index contributed by atoms with van der Waals surface area (Å²) in [6, 6.07) is 64.8. The van der Waals surface area contributed by atoms with Gasteiger partial charge in [-0.1, -0.05) is 205 Å². The van der Waals surface area contributed by atoms with Gasteiger partial charge >= 0.3 is 0 Å². The Morgan fingerprint density at radius 1 is 0.463 bits per heavy atom. The maximum atomic E-state index is 2.61. The SMILES string of the molecule is C/C=C1\C(=C/CC(CCc2ccc3c(c2)C(C)(C)c2cc(-c4cccc5c4sc4ccccc45)ccc2-3)c2ccc3c(c2)C(C)(C)c2cc(-c4ccccc4)ccc2-3)C(C)(C)c2ccccc21. The molecule has 1 heterocycles. The third-order valence-electron chi connectivity index (χ3n) is 16.3. The van der Waals surface area contributed by atoms with Crippen LogP contribution < -0.4 is 0 Å². The third kappa shape index (κ3) is 6.52. The summed E-state index contributed by atoms with van der Waals surface area (Å²) in [6.07, 6.45) is 8.03. The van der Waals surface area contributed by atoms with Gasteiger partial charge in [0.05, 0.1) is 0 Å². The lowest BCUT2D eigenvalue weighted by Crippen LogP contribution is -2.16. The molecule has 1 aromatic heterocycles. The third-order valence-corrected chi connectivity index (χ3v) is 17.5. The van der Waals surface area contributed by atoms with Gasteiger partial charge in [-0.25, -0.2) is 0 Å². The van der Waals surface area contributed by atoms with Crippen LogP contribution in [0, 0.1) is 0 Å². The van der Waals surface area contributed by atoms with Gasteiger partial charge in [-0.05, 0) is 150 Å². The van der Waals surface area contributed by atoms with Crippen LogP contribution in [0.2, 0.25) is 0 Å². The van der Waals surface area contributed by atoms with Crippen LogP contribution in [-0.2, 0) is 22.7 Å². The highest BCUT2D eigenvalue weighted by molar-refractivity contribution is 7.26. The van der Waals surface area contributed by atoms with Crippen molar-refractivity contribution in [2.24, 2.45) is 0 Å². The number of hydrogen-bond donors (Lipinski definition) is 0. The monoisotopic (exact) mass is 882 g/mol. The van der Waals surface area contributed by atoms with Gasteiger partial charge in [0.25, 0.3) is 0 Å². The molecule has 67 heavy (non-hydrogen) atoms. The zero-order chi connectivity index (χ0) is 45.8. The lowest BCUT2D eigenvalue weighted by molar-refractivity contribution is 0.610. The Kier molecular flexibility index (Phi) is 9.69. The molecular weight excluding hydrogens is 825 g/mol. The van der Waals surface area contributed by atoms with E-state index in [1.165, 1.54) is 120 Å². The Hall–Kier alpha value is -6.54. The number of fused-ring (bicyclic) bond motifs is 10. The average molecular weight is 883 g/mol. The number of allylic oxidation sites excluding steroid dienone is 4. The van der Waals surface area contributed by atoms with Crippen molar-refractivity contribution in [2.45, 2.75) is 89.9 Å². The summed E-state index contributed by atoms with van der Waals surface area (Å²) < 4.78 is 2.73. The summed E-state index contributed by atoms with van der Waals surface area (Å²) in [5.41, 5.74) is 24.8. The van der Waals surface area contributed by atoms with Crippen LogP contribution in [0.15, 0.2) is 188 Å². The quantitative estimate of drug-likeness (QED) is 0.143. The summed E-state index contributed by atoms with van der Waals surface area (Å²) in [6.45, 7) is 16.8. The van der Waals surface area contributed by atoms with E-state index in [0.717, 1.165) is 19.3 Å². The molecule has 12 rings (SSSR count). The van der Waals surface area contributed by atoms with Crippen molar-refractivity contribution < 1.29 is 0 Å². The van der Waals surface area contributed by atoms with Gasteiger partial charge in [-0.2, -0.15) is 0 Å². The molecule has 1 heteroatoms. The van der Waals surface area contributed by atoms with Gasteiger partial charge in [0.1, 0.15) is 0 Å². The van der Waals surface area contributed by atoms with E-state index in [9.17, 15) is 0 Å². The van der Waals surface area contributed by atoms with Gasteiger partial charge in [0.2, 0.25) is 0 Å². The van der Waals surface area contributed by atoms with E-state index < -0.39 is 0 Å². The Morgan fingerprint density at radius 3 is 1.82 bits per heavy atom. The summed E-state index contributed by atoms with van der Waals surface area (Å²) in [4.78, 5) is 0. The number of hydrogen-bond acceptors (Lipinski definition) is 1. The molecule has 0 nitrogen and oxygen atoms in total. The molecule has 1 atom stereocenters. The molecule has 8 aromatic carbocycles. The summed E-state index contributed by atoms with van der Waals surface area (Å²) in [5, 5.41) is 2.70. The molecule has 328 valence electrons. The molecule has 0 radical (unpaired) electrons. The Bertz CT molecular complexity index is 3530. The standard InChI is InChI=1S/C66H58S/c1-8-47-49-19-12-14-23-56(49)64(2,3)57(47)36-31-43(45-29-34-52-51-33-28-44(42-17-10-9-11-18-42)38-59(51)66(6,7)60(52)39-45)27-25-41-26-32-50-53-35-30-46(40-61(53)65(4,5)58(50)37-41)48-21-16-22-55-54-20-13-15-24-62(54)67-63(48)55/h8-24,26,28-30,32-40,43H,25,27,31H2,1-7H3/b47-8-,57-36+. The smallest absolute Gasteiger partial charge is 0.0433 e. The van der Waals surface area contributed by atoms with E-state index in [0.29, 0.717) is 5.92 Å². The molecule has 1 unspecified atom stereocenters. The molecule has 0 bridgehead atoms. The minimum absolute atomic E-state index is 0.0498. The summed E-state index contributed by atoms with van der Waals surface area (Å²) >= 11 is 1.92. The molecule has 0 amide bonds. The lowest BCUT2D eigenvalue weighted by atomic mass is 9.78.